The van der Waals surface area contributed by atoms with Crippen molar-refractivity contribution in [1.29, 1.82) is 0 Å². The largest absolute Gasteiger partial charge is 0.396 e. The third-order valence-corrected chi connectivity index (χ3v) is 1.79. The number of aromatic nitrogens is 4. The molecule has 2 aromatic rings. The zero-order chi connectivity index (χ0) is 9.97. The van der Waals surface area contributed by atoms with E-state index in [2.05, 4.69) is 15.1 Å². The van der Waals surface area contributed by atoms with E-state index in [1.807, 2.05) is 13.1 Å². The number of nitrogen functional groups attached to an aromatic ring is 1. The molecule has 0 unspecified atom stereocenters. The lowest BCUT2D eigenvalue weighted by molar-refractivity contribution is 0.655. The van der Waals surface area contributed by atoms with Crippen molar-refractivity contribution in [2.75, 3.05) is 5.73 Å². The fourth-order valence-corrected chi connectivity index (χ4v) is 1.14. The lowest BCUT2D eigenvalue weighted by Gasteiger charge is -1.99. The van der Waals surface area contributed by atoms with Crippen molar-refractivity contribution in [3.8, 4) is 0 Å². The monoisotopic (exact) mass is 189 g/mol. The van der Waals surface area contributed by atoms with Crippen molar-refractivity contribution in [1.82, 2.24) is 19.7 Å². The molecule has 72 valence electrons. The van der Waals surface area contributed by atoms with Crippen molar-refractivity contribution >= 4 is 5.69 Å². The molecule has 0 aromatic carbocycles. The van der Waals surface area contributed by atoms with Gasteiger partial charge in [0.25, 0.3) is 0 Å². The molecule has 0 atom stereocenters. The van der Waals surface area contributed by atoms with Crippen molar-refractivity contribution < 1.29 is 0 Å². The van der Waals surface area contributed by atoms with Crippen LogP contribution in [0.25, 0.3) is 0 Å². The number of rotatable bonds is 2. The SMILES string of the molecule is Cc1cnn(Cc2ncc(N)cn2)c1. The third kappa shape index (κ3) is 1.87. The van der Waals surface area contributed by atoms with Crippen LogP contribution in [-0.2, 0) is 6.54 Å². The maximum Gasteiger partial charge on any atom is 0.149 e. The molecular formula is C9H11N5. The smallest absolute Gasteiger partial charge is 0.149 e. The average molecular weight is 189 g/mol. The molecule has 0 saturated carbocycles. The molecule has 2 N–H and O–H groups in total. The minimum atomic E-state index is 0.574. The summed E-state index contributed by atoms with van der Waals surface area (Å²) in [5.41, 5.74) is 7.18. The van der Waals surface area contributed by atoms with E-state index in [1.54, 1.807) is 23.3 Å². The Balaban J connectivity index is 2.15. The quantitative estimate of drug-likeness (QED) is 0.751. The summed E-state index contributed by atoms with van der Waals surface area (Å²) in [6.07, 6.45) is 6.94. The Hall–Kier alpha value is -1.91. The Morgan fingerprint density at radius 3 is 2.57 bits per heavy atom. The molecule has 5 nitrogen and oxygen atoms in total. The molecule has 0 bridgehead atoms. The Bertz CT molecular complexity index is 417. The van der Waals surface area contributed by atoms with Crippen LogP contribution in [0.3, 0.4) is 0 Å². The van der Waals surface area contributed by atoms with Crippen molar-refractivity contribution in [3.63, 3.8) is 0 Å². The standard InChI is InChI=1S/C9H11N5/c1-7-2-13-14(5-7)6-9-11-3-8(10)4-12-9/h2-5H,6,10H2,1H3. The number of hydrogen-bond donors (Lipinski definition) is 1. The van der Waals surface area contributed by atoms with Crippen LogP contribution in [0.4, 0.5) is 5.69 Å². The Morgan fingerprint density at radius 2 is 2.00 bits per heavy atom. The number of aryl methyl sites for hydroxylation is 1. The molecule has 0 amide bonds. The summed E-state index contributed by atoms with van der Waals surface area (Å²) in [5.74, 6) is 0.710. The van der Waals surface area contributed by atoms with Gasteiger partial charge in [-0.3, -0.25) is 4.68 Å². The minimum absolute atomic E-state index is 0.574. The maximum atomic E-state index is 5.48. The van der Waals surface area contributed by atoms with Gasteiger partial charge in [0.15, 0.2) is 0 Å². The summed E-state index contributed by atoms with van der Waals surface area (Å²) in [7, 11) is 0. The van der Waals surface area contributed by atoms with Crippen LogP contribution in [0.15, 0.2) is 24.8 Å². The molecule has 14 heavy (non-hydrogen) atoms. The summed E-state index contributed by atoms with van der Waals surface area (Å²) in [4.78, 5) is 8.17. The molecule has 2 heterocycles. The Kier molecular flexibility index (Phi) is 2.14. The van der Waals surface area contributed by atoms with Crippen LogP contribution in [0.2, 0.25) is 0 Å². The van der Waals surface area contributed by atoms with Gasteiger partial charge in [0, 0.05) is 6.20 Å². The van der Waals surface area contributed by atoms with Crippen molar-refractivity contribution in [2.24, 2.45) is 0 Å². The zero-order valence-electron chi connectivity index (χ0n) is 7.88. The highest BCUT2D eigenvalue weighted by Crippen LogP contribution is 2.00. The molecule has 0 aliphatic rings. The van der Waals surface area contributed by atoms with Gasteiger partial charge >= 0.3 is 0 Å². The topological polar surface area (TPSA) is 69.6 Å². The van der Waals surface area contributed by atoms with Gasteiger partial charge in [-0.15, -0.1) is 0 Å². The summed E-state index contributed by atoms with van der Waals surface area (Å²) in [6, 6.07) is 0. The first kappa shape index (κ1) is 8.68. The van der Waals surface area contributed by atoms with Gasteiger partial charge in [0.05, 0.1) is 24.3 Å². The van der Waals surface area contributed by atoms with E-state index in [0.717, 1.165) is 5.56 Å². The van der Waals surface area contributed by atoms with E-state index < -0.39 is 0 Å². The van der Waals surface area contributed by atoms with Gasteiger partial charge < -0.3 is 5.73 Å². The van der Waals surface area contributed by atoms with E-state index in [9.17, 15) is 0 Å². The fraction of sp³-hybridized carbons (Fsp3) is 0.222. The van der Waals surface area contributed by atoms with Crippen LogP contribution < -0.4 is 5.73 Å². The van der Waals surface area contributed by atoms with Gasteiger partial charge in [-0.05, 0) is 12.5 Å². The van der Waals surface area contributed by atoms with Crippen LogP contribution in [0, 0.1) is 6.92 Å². The molecule has 0 radical (unpaired) electrons. The van der Waals surface area contributed by atoms with Crippen LogP contribution in [0.1, 0.15) is 11.4 Å². The minimum Gasteiger partial charge on any atom is -0.396 e. The lowest BCUT2D eigenvalue weighted by atomic mass is 10.4. The summed E-state index contributed by atoms with van der Waals surface area (Å²) in [5, 5.41) is 4.14. The van der Waals surface area contributed by atoms with Gasteiger partial charge in [-0.2, -0.15) is 5.10 Å². The first-order valence-electron chi connectivity index (χ1n) is 4.29. The summed E-state index contributed by atoms with van der Waals surface area (Å²) >= 11 is 0. The zero-order valence-corrected chi connectivity index (χ0v) is 7.88. The molecule has 0 aliphatic carbocycles. The highest BCUT2D eigenvalue weighted by molar-refractivity contribution is 5.30. The van der Waals surface area contributed by atoms with E-state index in [-0.39, 0.29) is 0 Å². The second-order valence-electron chi connectivity index (χ2n) is 3.15. The van der Waals surface area contributed by atoms with Gasteiger partial charge in [-0.1, -0.05) is 0 Å². The predicted molar refractivity (Wildman–Crippen MR) is 52.5 cm³/mol. The highest BCUT2D eigenvalue weighted by atomic mass is 15.3. The number of anilines is 1. The molecule has 0 aliphatic heterocycles. The Labute approximate surface area is 81.6 Å². The maximum absolute atomic E-state index is 5.48. The van der Waals surface area contributed by atoms with Gasteiger partial charge in [0.1, 0.15) is 12.4 Å². The average Bonchev–Trinajstić information content (AvgIpc) is 2.56. The van der Waals surface area contributed by atoms with E-state index in [1.165, 1.54) is 0 Å². The molecule has 0 spiro atoms. The predicted octanol–water partition coefficient (Wildman–Crippen LogP) is 0.612. The summed E-state index contributed by atoms with van der Waals surface area (Å²) < 4.78 is 1.79. The van der Waals surface area contributed by atoms with Gasteiger partial charge in [-0.25, -0.2) is 9.97 Å². The molecule has 0 fully saturated rings. The van der Waals surface area contributed by atoms with E-state index in [0.29, 0.717) is 18.1 Å². The molecule has 2 rings (SSSR count). The normalized spacial score (nSPS) is 10.4. The van der Waals surface area contributed by atoms with Crippen molar-refractivity contribution in [2.45, 2.75) is 13.5 Å². The first-order valence-corrected chi connectivity index (χ1v) is 4.29. The number of hydrogen-bond acceptors (Lipinski definition) is 4. The number of nitrogens with zero attached hydrogens (tertiary/aromatic N) is 4. The molecule has 2 aromatic heterocycles. The highest BCUT2D eigenvalue weighted by Gasteiger charge is 1.98. The van der Waals surface area contributed by atoms with Gasteiger partial charge in [0.2, 0.25) is 0 Å². The molecule has 5 heteroatoms. The van der Waals surface area contributed by atoms with Crippen LogP contribution in [0.5, 0.6) is 0 Å². The second kappa shape index (κ2) is 3.45. The summed E-state index contributed by atoms with van der Waals surface area (Å²) in [6.45, 7) is 2.57. The fourth-order valence-electron chi connectivity index (χ4n) is 1.14. The third-order valence-electron chi connectivity index (χ3n) is 1.79. The van der Waals surface area contributed by atoms with Crippen LogP contribution in [-0.4, -0.2) is 19.7 Å². The first-order chi connectivity index (χ1) is 6.74. The van der Waals surface area contributed by atoms with E-state index >= 15 is 0 Å². The molecular weight excluding hydrogens is 178 g/mol. The van der Waals surface area contributed by atoms with Crippen molar-refractivity contribution in [3.05, 3.63) is 36.2 Å². The lowest BCUT2D eigenvalue weighted by Crippen LogP contribution is -2.04. The second-order valence-corrected chi connectivity index (χ2v) is 3.15. The van der Waals surface area contributed by atoms with Crippen LogP contribution >= 0.6 is 0 Å². The number of nitrogens with two attached hydrogens (primary N) is 1. The Morgan fingerprint density at radius 1 is 1.29 bits per heavy atom. The van der Waals surface area contributed by atoms with E-state index in [4.69, 9.17) is 5.73 Å². The molecule has 0 saturated heterocycles.